The summed E-state index contributed by atoms with van der Waals surface area (Å²) in [4.78, 5) is 4.13. The second-order valence-corrected chi connectivity index (χ2v) is 4.20. The molecule has 6 heteroatoms. The van der Waals surface area contributed by atoms with Gasteiger partial charge in [0.25, 0.3) is 0 Å². The Labute approximate surface area is 101 Å². The number of hydrazone groups is 1. The van der Waals surface area contributed by atoms with Crippen molar-refractivity contribution in [1.82, 2.24) is 4.98 Å². The molecule has 88 valence electrons. The molecule has 0 unspecified atom stereocenters. The highest BCUT2D eigenvalue weighted by molar-refractivity contribution is 7.13. The summed E-state index contributed by atoms with van der Waals surface area (Å²) in [5.74, 6) is -1.76. The van der Waals surface area contributed by atoms with Crippen LogP contribution in [0.1, 0.15) is 11.3 Å². The minimum Gasteiger partial charge on any atom is -0.253 e. The summed E-state index contributed by atoms with van der Waals surface area (Å²) in [5.41, 5.74) is 4.09. The average molecular weight is 253 g/mol. The van der Waals surface area contributed by atoms with Crippen LogP contribution >= 0.6 is 11.3 Å². The van der Waals surface area contributed by atoms with E-state index in [0.717, 1.165) is 17.8 Å². The minimum atomic E-state index is -0.890. The SMILES string of the molecule is Cc1csc(NN=Cc2ccc(F)c(F)c2)n1. The number of nitrogens with zero attached hydrogens (tertiary/aromatic N) is 2. The third kappa shape index (κ3) is 3.07. The summed E-state index contributed by atoms with van der Waals surface area (Å²) in [7, 11) is 0. The van der Waals surface area contributed by atoms with Crippen LogP contribution in [0, 0.1) is 18.6 Å². The van der Waals surface area contributed by atoms with Crippen LogP contribution in [0.2, 0.25) is 0 Å². The fourth-order valence-electron chi connectivity index (χ4n) is 1.16. The molecule has 0 aliphatic rings. The van der Waals surface area contributed by atoms with Crippen LogP contribution in [-0.4, -0.2) is 11.2 Å². The Kier molecular flexibility index (Phi) is 3.43. The number of anilines is 1. The van der Waals surface area contributed by atoms with Gasteiger partial charge >= 0.3 is 0 Å². The van der Waals surface area contributed by atoms with Crippen molar-refractivity contribution in [3.05, 3.63) is 46.5 Å². The van der Waals surface area contributed by atoms with Crippen LogP contribution in [0.5, 0.6) is 0 Å². The minimum absolute atomic E-state index is 0.477. The van der Waals surface area contributed by atoms with Crippen LogP contribution in [0.25, 0.3) is 0 Å². The van der Waals surface area contributed by atoms with Crippen molar-refractivity contribution in [2.75, 3.05) is 5.43 Å². The molecule has 17 heavy (non-hydrogen) atoms. The average Bonchev–Trinajstić information content (AvgIpc) is 2.70. The number of rotatable bonds is 3. The number of nitrogens with one attached hydrogen (secondary N) is 1. The largest absolute Gasteiger partial charge is 0.253 e. The highest BCUT2D eigenvalue weighted by Gasteiger charge is 2.00. The van der Waals surface area contributed by atoms with Gasteiger partial charge in [0, 0.05) is 5.38 Å². The first-order chi connectivity index (χ1) is 8.15. The summed E-state index contributed by atoms with van der Waals surface area (Å²) in [6.45, 7) is 1.88. The quantitative estimate of drug-likeness (QED) is 0.673. The van der Waals surface area contributed by atoms with E-state index in [-0.39, 0.29) is 0 Å². The molecule has 2 aromatic rings. The zero-order valence-corrected chi connectivity index (χ0v) is 9.76. The summed E-state index contributed by atoms with van der Waals surface area (Å²) < 4.78 is 25.5. The Morgan fingerprint density at radius 1 is 1.35 bits per heavy atom. The molecule has 2 rings (SSSR count). The van der Waals surface area contributed by atoms with Gasteiger partial charge < -0.3 is 0 Å². The van der Waals surface area contributed by atoms with E-state index in [1.54, 1.807) is 0 Å². The van der Waals surface area contributed by atoms with Gasteiger partial charge in [0.1, 0.15) is 0 Å². The molecule has 0 fully saturated rings. The maximum Gasteiger partial charge on any atom is 0.203 e. The van der Waals surface area contributed by atoms with Crippen LogP contribution in [0.3, 0.4) is 0 Å². The molecule has 1 aromatic carbocycles. The smallest absolute Gasteiger partial charge is 0.203 e. The van der Waals surface area contributed by atoms with Crippen molar-refractivity contribution in [2.45, 2.75) is 6.92 Å². The molecule has 0 aliphatic heterocycles. The van der Waals surface area contributed by atoms with Gasteiger partial charge in [-0.1, -0.05) is 6.07 Å². The summed E-state index contributed by atoms with van der Waals surface area (Å²) in [5, 5.41) is 6.42. The first kappa shape index (κ1) is 11.7. The third-order valence-electron chi connectivity index (χ3n) is 1.94. The Bertz CT molecular complexity index is 551. The maximum absolute atomic E-state index is 12.9. The fourth-order valence-corrected chi connectivity index (χ4v) is 1.80. The first-order valence-corrected chi connectivity index (χ1v) is 5.69. The molecule has 0 amide bonds. The Hall–Kier alpha value is -1.82. The van der Waals surface area contributed by atoms with Gasteiger partial charge in [-0.05, 0) is 24.6 Å². The number of halogens is 2. The lowest BCUT2D eigenvalue weighted by molar-refractivity contribution is 0.508. The van der Waals surface area contributed by atoms with Crippen LogP contribution in [0.15, 0.2) is 28.7 Å². The first-order valence-electron chi connectivity index (χ1n) is 4.81. The van der Waals surface area contributed by atoms with E-state index in [1.807, 2.05) is 12.3 Å². The molecule has 1 heterocycles. The number of thiazole rings is 1. The number of benzene rings is 1. The summed E-state index contributed by atoms with van der Waals surface area (Å²) in [6, 6.07) is 3.58. The van der Waals surface area contributed by atoms with E-state index in [9.17, 15) is 8.78 Å². The van der Waals surface area contributed by atoms with E-state index < -0.39 is 11.6 Å². The zero-order chi connectivity index (χ0) is 12.3. The molecule has 0 bridgehead atoms. The molecule has 0 aliphatic carbocycles. The molecule has 0 atom stereocenters. The Morgan fingerprint density at radius 3 is 2.82 bits per heavy atom. The fraction of sp³-hybridized carbons (Fsp3) is 0.0909. The van der Waals surface area contributed by atoms with Gasteiger partial charge in [0.2, 0.25) is 5.13 Å². The van der Waals surface area contributed by atoms with Gasteiger partial charge in [-0.15, -0.1) is 11.3 Å². The topological polar surface area (TPSA) is 37.3 Å². The Morgan fingerprint density at radius 2 is 2.18 bits per heavy atom. The normalized spacial score (nSPS) is 11.0. The molecular weight excluding hydrogens is 244 g/mol. The summed E-state index contributed by atoms with van der Waals surface area (Å²) in [6.07, 6.45) is 1.40. The van der Waals surface area contributed by atoms with Crippen LogP contribution in [0.4, 0.5) is 13.9 Å². The second-order valence-electron chi connectivity index (χ2n) is 3.34. The predicted octanol–water partition coefficient (Wildman–Crippen LogP) is 3.18. The third-order valence-corrected chi connectivity index (χ3v) is 2.80. The standard InChI is InChI=1S/C11H9F2N3S/c1-7-6-17-11(15-7)16-14-5-8-2-3-9(12)10(13)4-8/h2-6H,1H3,(H,15,16). The van der Waals surface area contributed by atoms with Crippen molar-refractivity contribution in [3.8, 4) is 0 Å². The van der Waals surface area contributed by atoms with Gasteiger partial charge in [0.15, 0.2) is 11.6 Å². The Balaban J connectivity index is 2.03. The highest BCUT2D eigenvalue weighted by atomic mass is 32.1. The molecule has 1 aromatic heterocycles. The lowest BCUT2D eigenvalue weighted by atomic mass is 10.2. The second kappa shape index (κ2) is 5.01. The van der Waals surface area contributed by atoms with Gasteiger partial charge in [0.05, 0.1) is 11.9 Å². The van der Waals surface area contributed by atoms with Gasteiger partial charge in [-0.25, -0.2) is 13.8 Å². The summed E-state index contributed by atoms with van der Waals surface area (Å²) >= 11 is 1.42. The molecular formula is C11H9F2N3S. The molecule has 0 radical (unpaired) electrons. The highest BCUT2D eigenvalue weighted by Crippen LogP contribution is 2.14. The van der Waals surface area contributed by atoms with E-state index in [4.69, 9.17) is 0 Å². The van der Waals surface area contributed by atoms with Crippen LogP contribution < -0.4 is 5.43 Å². The van der Waals surface area contributed by atoms with E-state index in [0.29, 0.717) is 10.7 Å². The van der Waals surface area contributed by atoms with Crippen LogP contribution in [-0.2, 0) is 0 Å². The molecule has 1 N–H and O–H groups in total. The van der Waals surface area contributed by atoms with Crippen molar-refractivity contribution in [2.24, 2.45) is 5.10 Å². The lowest BCUT2D eigenvalue weighted by Gasteiger charge is -1.95. The zero-order valence-electron chi connectivity index (χ0n) is 8.95. The molecule has 0 spiro atoms. The van der Waals surface area contributed by atoms with E-state index in [2.05, 4.69) is 15.5 Å². The van der Waals surface area contributed by atoms with Gasteiger partial charge in [-0.2, -0.15) is 5.10 Å². The van der Waals surface area contributed by atoms with E-state index in [1.165, 1.54) is 23.6 Å². The van der Waals surface area contributed by atoms with Crippen molar-refractivity contribution >= 4 is 22.7 Å². The molecule has 3 nitrogen and oxygen atoms in total. The van der Waals surface area contributed by atoms with Crippen molar-refractivity contribution in [1.29, 1.82) is 0 Å². The number of aromatic nitrogens is 1. The number of hydrogen-bond donors (Lipinski definition) is 1. The molecule has 0 saturated carbocycles. The monoisotopic (exact) mass is 253 g/mol. The van der Waals surface area contributed by atoms with Crippen molar-refractivity contribution in [3.63, 3.8) is 0 Å². The van der Waals surface area contributed by atoms with Crippen molar-refractivity contribution < 1.29 is 8.78 Å². The van der Waals surface area contributed by atoms with E-state index >= 15 is 0 Å². The maximum atomic E-state index is 12.9. The number of aryl methyl sites for hydroxylation is 1. The predicted molar refractivity (Wildman–Crippen MR) is 64.4 cm³/mol. The lowest BCUT2D eigenvalue weighted by Crippen LogP contribution is -1.92. The van der Waals surface area contributed by atoms with Gasteiger partial charge in [-0.3, -0.25) is 5.43 Å². The molecule has 0 saturated heterocycles. The number of hydrogen-bond acceptors (Lipinski definition) is 4.